The van der Waals surface area contributed by atoms with Gasteiger partial charge >= 0.3 is 0 Å². The van der Waals surface area contributed by atoms with Crippen molar-refractivity contribution in [1.82, 2.24) is 0 Å². The largest absolute Gasteiger partial charge is 0.344 e. The first kappa shape index (κ1) is 10.9. The number of amidine groups is 1. The highest BCUT2D eigenvalue weighted by molar-refractivity contribution is 8.23. The van der Waals surface area contributed by atoms with Crippen LogP contribution in [0, 0.1) is 0 Å². The molecule has 0 radical (unpaired) electrons. The van der Waals surface area contributed by atoms with Crippen LogP contribution in [0.4, 0.5) is 5.69 Å². The molecule has 0 bridgehead atoms. The highest BCUT2D eigenvalue weighted by Gasteiger charge is 2.09. The molecular formula is C10H9ClN2S2. The lowest BCUT2D eigenvalue weighted by Crippen LogP contribution is -2.17. The molecule has 0 unspecified atom stereocenters. The van der Waals surface area contributed by atoms with Gasteiger partial charge in [-0.25, -0.2) is 4.99 Å². The Morgan fingerprint density at radius 1 is 1.33 bits per heavy atom. The van der Waals surface area contributed by atoms with E-state index in [-0.39, 0.29) is 0 Å². The number of nitrogens with one attached hydrogen (secondary N) is 1. The van der Waals surface area contributed by atoms with Gasteiger partial charge in [0.25, 0.3) is 0 Å². The van der Waals surface area contributed by atoms with E-state index in [1.165, 1.54) is 0 Å². The monoisotopic (exact) mass is 256 g/mol. The minimum absolute atomic E-state index is 0.706. The van der Waals surface area contributed by atoms with Crippen molar-refractivity contribution >= 4 is 51.4 Å². The van der Waals surface area contributed by atoms with E-state index in [0.717, 1.165) is 28.7 Å². The van der Waals surface area contributed by atoms with Crippen molar-refractivity contribution in [2.75, 3.05) is 11.1 Å². The summed E-state index contributed by atoms with van der Waals surface area (Å²) in [4.78, 5) is 4.27. The Balaban J connectivity index is 2.08. The predicted molar refractivity (Wildman–Crippen MR) is 72.2 cm³/mol. The smallest absolute Gasteiger partial charge is 0.161 e. The lowest BCUT2D eigenvalue weighted by Gasteiger charge is -2.13. The summed E-state index contributed by atoms with van der Waals surface area (Å²) in [6.45, 7) is 0. The molecule has 5 heteroatoms. The second kappa shape index (κ2) is 4.96. The minimum atomic E-state index is 0.706. The molecule has 0 amide bonds. The first-order valence-corrected chi connectivity index (χ1v) is 6.28. The molecular weight excluding hydrogens is 248 g/mol. The van der Waals surface area contributed by atoms with Crippen LogP contribution >= 0.6 is 35.6 Å². The van der Waals surface area contributed by atoms with Gasteiger partial charge in [0.15, 0.2) is 4.32 Å². The molecule has 78 valence electrons. The number of rotatable bonds is 1. The Hall–Kier alpha value is -0.580. The lowest BCUT2D eigenvalue weighted by atomic mass is 10.3. The fourth-order valence-corrected chi connectivity index (χ4v) is 2.35. The third-order valence-electron chi connectivity index (χ3n) is 1.92. The molecule has 15 heavy (non-hydrogen) atoms. The molecule has 0 saturated carbocycles. The van der Waals surface area contributed by atoms with Crippen LogP contribution in [0.25, 0.3) is 0 Å². The van der Waals surface area contributed by atoms with Crippen molar-refractivity contribution in [3.8, 4) is 0 Å². The van der Waals surface area contributed by atoms with Crippen LogP contribution in [-0.4, -0.2) is 15.9 Å². The number of aliphatic imine (C=N–C) groups is 1. The van der Waals surface area contributed by atoms with Crippen LogP contribution in [0.1, 0.15) is 6.42 Å². The van der Waals surface area contributed by atoms with Crippen molar-refractivity contribution in [3.63, 3.8) is 0 Å². The molecule has 1 aromatic carbocycles. The van der Waals surface area contributed by atoms with Crippen LogP contribution in [0.2, 0.25) is 5.02 Å². The van der Waals surface area contributed by atoms with E-state index in [0.29, 0.717) is 4.32 Å². The van der Waals surface area contributed by atoms with E-state index in [1.807, 2.05) is 24.3 Å². The summed E-state index contributed by atoms with van der Waals surface area (Å²) in [6.07, 6.45) is 0.924. The third-order valence-corrected chi connectivity index (χ3v) is 3.37. The molecule has 0 fully saturated rings. The number of thioether (sulfide) groups is 1. The fourth-order valence-electron chi connectivity index (χ4n) is 1.22. The number of anilines is 1. The Morgan fingerprint density at radius 3 is 2.73 bits per heavy atom. The Morgan fingerprint density at radius 2 is 2.07 bits per heavy atom. The maximum absolute atomic E-state index is 5.80. The SMILES string of the molecule is S=C1N=C(Nc2ccc(Cl)cc2)CCS1. The summed E-state index contributed by atoms with van der Waals surface area (Å²) in [5, 5.41) is 3.96. The maximum Gasteiger partial charge on any atom is 0.161 e. The van der Waals surface area contributed by atoms with Gasteiger partial charge in [-0.2, -0.15) is 0 Å². The fraction of sp³-hybridized carbons (Fsp3) is 0.200. The highest BCUT2D eigenvalue weighted by Crippen LogP contribution is 2.18. The Labute approximate surface area is 103 Å². The summed E-state index contributed by atoms with van der Waals surface area (Å²) >= 11 is 12.4. The molecule has 0 atom stereocenters. The summed E-state index contributed by atoms with van der Waals surface area (Å²) < 4.78 is 0.706. The van der Waals surface area contributed by atoms with Gasteiger partial charge < -0.3 is 5.32 Å². The Kier molecular flexibility index (Phi) is 3.61. The quantitative estimate of drug-likeness (QED) is 0.778. The van der Waals surface area contributed by atoms with Gasteiger partial charge in [0.1, 0.15) is 5.84 Å². The van der Waals surface area contributed by atoms with E-state index in [1.54, 1.807) is 11.8 Å². The molecule has 0 spiro atoms. The van der Waals surface area contributed by atoms with Gasteiger partial charge in [-0.1, -0.05) is 35.6 Å². The molecule has 2 nitrogen and oxygen atoms in total. The summed E-state index contributed by atoms with van der Waals surface area (Å²) in [5.74, 6) is 1.93. The van der Waals surface area contributed by atoms with E-state index in [2.05, 4.69) is 10.3 Å². The van der Waals surface area contributed by atoms with Gasteiger partial charge in [0.05, 0.1) is 0 Å². The molecule has 1 aromatic rings. The second-order valence-electron chi connectivity index (χ2n) is 3.05. The molecule has 2 rings (SSSR count). The van der Waals surface area contributed by atoms with Crippen LogP contribution in [0.5, 0.6) is 0 Å². The number of hydrogen-bond donors (Lipinski definition) is 1. The molecule has 1 aliphatic heterocycles. The lowest BCUT2D eigenvalue weighted by molar-refractivity contribution is 1.28. The first-order chi connectivity index (χ1) is 7.24. The molecule has 1 aliphatic rings. The van der Waals surface area contributed by atoms with Gasteiger partial charge in [-0.15, -0.1) is 0 Å². The van der Waals surface area contributed by atoms with E-state index >= 15 is 0 Å². The van der Waals surface area contributed by atoms with E-state index < -0.39 is 0 Å². The van der Waals surface area contributed by atoms with Crippen molar-refractivity contribution in [2.45, 2.75) is 6.42 Å². The van der Waals surface area contributed by atoms with Crippen LogP contribution in [-0.2, 0) is 0 Å². The van der Waals surface area contributed by atoms with Gasteiger partial charge in [-0.3, -0.25) is 0 Å². The number of nitrogens with zero attached hydrogens (tertiary/aromatic N) is 1. The first-order valence-electron chi connectivity index (χ1n) is 4.51. The van der Waals surface area contributed by atoms with Gasteiger partial charge in [0.2, 0.25) is 0 Å². The molecule has 0 aromatic heterocycles. The van der Waals surface area contributed by atoms with E-state index in [9.17, 15) is 0 Å². The zero-order valence-corrected chi connectivity index (χ0v) is 10.3. The third kappa shape index (κ3) is 3.19. The molecule has 1 N–H and O–H groups in total. The number of hydrogen-bond acceptors (Lipinski definition) is 3. The zero-order valence-electron chi connectivity index (χ0n) is 7.87. The topological polar surface area (TPSA) is 24.4 Å². The van der Waals surface area contributed by atoms with Gasteiger partial charge in [-0.05, 0) is 24.3 Å². The van der Waals surface area contributed by atoms with Crippen LogP contribution in [0.3, 0.4) is 0 Å². The van der Waals surface area contributed by atoms with Crippen LogP contribution < -0.4 is 5.32 Å². The Bertz CT molecular complexity index is 400. The second-order valence-corrected chi connectivity index (χ2v) is 5.22. The molecule has 1 heterocycles. The number of benzene rings is 1. The average molecular weight is 257 g/mol. The molecule has 0 aliphatic carbocycles. The maximum atomic E-state index is 5.80. The average Bonchev–Trinajstić information content (AvgIpc) is 2.22. The van der Waals surface area contributed by atoms with Crippen molar-refractivity contribution in [2.24, 2.45) is 4.99 Å². The predicted octanol–water partition coefficient (Wildman–Crippen LogP) is 3.57. The minimum Gasteiger partial charge on any atom is -0.344 e. The standard InChI is InChI=1S/C10H9ClN2S2/c11-7-1-3-8(4-2-7)12-9-5-6-15-10(14)13-9/h1-4H,5-6H2,(H,12,13,14). The summed E-state index contributed by atoms with van der Waals surface area (Å²) in [7, 11) is 0. The summed E-state index contributed by atoms with van der Waals surface area (Å²) in [6, 6.07) is 7.55. The highest BCUT2D eigenvalue weighted by atomic mass is 35.5. The van der Waals surface area contributed by atoms with Crippen molar-refractivity contribution in [1.29, 1.82) is 0 Å². The van der Waals surface area contributed by atoms with Crippen molar-refractivity contribution < 1.29 is 0 Å². The van der Waals surface area contributed by atoms with Crippen LogP contribution in [0.15, 0.2) is 29.3 Å². The zero-order chi connectivity index (χ0) is 10.7. The van der Waals surface area contributed by atoms with Gasteiger partial charge in [0, 0.05) is 22.9 Å². The normalized spacial score (nSPS) is 16.1. The summed E-state index contributed by atoms with van der Waals surface area (Å²) in [5.41, 5.74) is 0.993. The number of halogens is 1. The number of thiocarbonyl (C=S) groups is 1. The van der Waals surface area contributed by atoms with E-state index in [4.69, 9.17) is 23.8 Å². The van der Waals surface area contributed by atoms with Crippen molar-refractivity contribution in [3.05, 3.63) is 29.3 Å². The molecule has 0 saturated heterocycles.